The first-order valence-corrected chi connectivity index (χ1v) is 11.2. The lowest BCUT2D eigenvalue weighted by atomic mass is 10.1. The van der Waals surface area contributed by atoms with Crippen molar-refractivity contribution in [3.05, 3.63) is 89.8 Å². The molecule has 0 aliphatic carbocycles. The van der Waals surface area contributed by atoms with Crippen molar-refractivity contribution in [3.63, 3.8) is 0 Å². The van der Waals surface area contributed by atoms with E-state index < -0.39 is 0 Å². The van der Waals surface area contributed by atoms with E-state index in [4.69, 9.17) is 4.74 Å². The minimum atomic E-state index is -0.359. The van der Waals surface area contributed by atoms with Gasteiger partial charge in [-0.3, -0.25) is 9.48 Å². The van der Waals surface area contributed by atoms with Crippen molar-refractivity contribution in [1.82, 2.24) is 14.7 Å². The summed E-state index contributed by atoms with van der Waals surface area (Å²) in [6, 6.07) is 17.5. The van der Waals surface area contributed by atoms with Crippen molar-refractivity contribution in [3.8, 4) is 0 Å². The van der Waals surface area contributed by atoms with Gasteiger partial charge in [0.15, 0.2) is 0 Å². The topological polar surface area (TPSA) is 67.7 Å². The summed E-state index contributed by atoms with van der Waals surface area (Å²) >= 11 is 0. The molecule has 1 aromatic heterocycles. The number of carbonyl (C=O) groups excluding carboxylic acids is 2. The van der Waals surface area contributed by atoms with Crippen LogP contribution in [0.4, 0.5) is 5.69 Å². The molecule has 7 heteroatoms. The highest BCUT2D eigenvalue weighted by atomic mass is 16.5. The third kappa shape index (κ3) is 5.68. The first kappa shape index (κ1) is 22.3. The molecule has 4 rings (SSSR count). The van der Waals surface area contributed by atoms with Crippen LogP contribution in [0.5, 0.6) is 0 Å². The van der Waals surface area contributed by atoms with Crippen LogP contribution in [0.1, 0.15) is 28.4 Å². The smallest absolute Gasteiger partial charge is 0.330 e. The van der Waals surface area contributed by atoms with Gasteiger partial charge < -0.3 is 14.5 Å². The highest BCUT2D eigenvalue weighted by molar-refractivity contribution is 5.94. The van der Waals surface area contributed by atoms with E-state index in [-0.39, 0.29) is 11.9 Å². The van der Waals surface area contributed by atoms with Crippen molar-refractivity contribution >= 4 is 23.6 Å². The van der Waals surface area contributed by atoms with Gasteiger partial charge in [0.1, 0.15) is 0 Å². The van der Waals surface area contributed by atoms with Crippen LogP contribution in [-0.4, -0.2) is 59.3 Å². The molecule has 0 radical (unpaired) electrons. The summed E-state index contributed by atoms with van der Waals surface area (Å²) in [4.78, 5) is 28.8. The predicted octanol–water partition coefficient (Wildman–Crippen LogP) is 3.47. The van der Waals surface area contributed by atoms with Gasteiger partial charge in [-0.1, -0.05) is 30.3 Å². The fraction of sp³-hybridized carbons (Fsp3) is 0.269. The molecule has 1 saturated heterocycles. The Hall–Kier alpha value is -3.87. The number of ether oxygens (including phenoxy) is 1. The van der Waals surface area contributed by atoms with Crippen molar-refractivity contribution < 1.29 is 14.3 Å². The molecule has 33 heavy (non-hydrogen) atoms. The maximum Gasteiger partial charge on any atom is 0.330 e. The Balaban J connectivity index is 1.52. The molecule has 1 amide bonds. The zero-order valence-corrected chi connectivity index (χ0v) is 18.8. The molecule has 3 aromatic rings. The lowest BCUT2D eigenvalue weighted by Gasteiger charge is -2.37. The second-order valence-electron chi connectivity index (χ2n) is 7.83. The zero-order chi connectivity index (χ0) is 23.0. The molecule has 2 aromatic carbocycles. The van der Waals surface area contributed by atoms with E-state index >= 15 is 0 Å². The monoisotopic (exact) mass is 444 g/mol. The molecule has 7 nitrogen and oxygen atoms in total. The molecule has 0 N–H and O–H groups in total. The van der Waals surface area contributed by atoms with Crippen LogP contribution in [0.3, 0.4) is 0 Å². The molecule has 1 aliphatic heterocycles. The van der Waals surface area contributed by atoms with Crippen molar-refractivity contribution in [2.45, 2.75) is 13.5 Å². The third-order valence-corrected chi connectivity index (χ3v) is 5.61. The minimum absolute atomic E-state index is 0.0603. The molecule has 1 fully saturated rings. The van der Waals surface area contributed by atoms with Crippen LogP contribution in [-0.2, 0) is 16.1 Å². The van der Waals surface area contributed by atoms with E-state index in [2.05, 4.69) is 16.1 Å². The number of aromatic nitrogens is 2. The summed E-state index contributed by atoms with van der Waals surface area (Å²) in [5.41, 5.74) is 3.80. The first-order chi connectivity index (χ1) is 16.1. The maximum atomic E-state index is 12.8. The number of hydrogen-bond acceptors (Lipinski definition) is 5. The fourth-order valence-corrected chi connectivity index (χ4v) is 3.95. The molecule has 2 heterocycles. The maximum absolute atomic E-state index is 12.8. The molecule has 0 saturated carbocycles. The van der Waals surface area contributed by atoms with Gasteiger partial charge in [-0.2, -0.15) is 5.10 Å². The molecule has 0 unspecified atom stereocenters. The van der Waals surface area contributed by atoms with Crippen molar-refractivity contribution in [2.75, 3.05) is 37.7 Å². The number of amides is 1. The highest BCUT2D eigenvalue weighted by Gasteiger charge is 2.23. The van der Waals surface area contributed by atoms with Gasteiger partial charge >= 0.3 is 5.97 Å². The van der Waals surface area contributed by atoms with Gasteiger partial charge in [0.05, 0.1) is 13.2 Å². The Labute approximate surface area is 193 Å². The van der Waals surface area contributed by atoms with Crippen LogP contribution < -0.4 is 4.90 Å². The molecule has 0 spiro atoms. The molecule has 170 valence electrons. The van der Waals surface area contributed by atoms with Gasteiger partial charge in [0.25, 0.3) is 5.91 Å². The Bertz CT molecular complexity index is 1100. The fourth-order valence-electron chi connectivity index (χ4n) is 3.95. The van der Waals surface area contributed by atoms with Gasteiger partial charge in [-0.05, 0) is 48.4 Å². The molecule has 1 aliphatic rings. The van der Waals surface area contributed by atoms with Gasteiger partial charge in [-0.15, -0.1) is 0 Å². The lowest BCUT2D eigenvalue weighted by Crippen LogP contribution is -2.49. The van der Waals surface area contributed by atoms with E-state index in [1.807, 2.05) is 64.3 Å². The van der Waals surface area contributed by atoms with Crippen LogP contribution in [0.15, 0.2) is 73.1 Å². The first-order valence-electron chi connectivity index (χ1n) is 11.2. The second kappa shape index (κ2) is 10.6. The number of piperazine rings is 1. The Morgan fingerprint density at radius 2 is 1.82 bits per heavy atom. The van der Waals surface area contributed by atoms with Crippen molar-refractivity contribution in [1.29, 1.82) is 0 Å². The summed E-state index contributed by atoms with van der Waals surface area (Å²) in [6.45, 7) is 5.49. The number of hydrogen-bond donors (Lipinski definition) is 0. The Morgan fingerprint density at radius 3 is 2.52 bits per heavy atom. The summed E-state index contributed by atoms with van der Waals surface area (Å²) in [5, 5.41) is 4.30. The van der Waals surface area contributed by atoms with Crippen molar-refractivity contribution in [2.24, 2.45) is 0 Å². The van der Waals surface area contributed by atoms with Gasteiger partial charge in [-0.25, -0.2) is 4.79 Å². The molecular weight excluding hydrogens is 416 g/mol. The quantitative estimate of drug-likeness (QED) is 0.412. The molecule has 0 atom stereocenters. The minimum Gasteiger partial charge on any atom is -0.463 e. The number of esters is 1. The van der Waals surface area contributed by atoms with E-state index in [0.29, 0.717) is 44.9 Å². The lowest BCUT2D eigenvalue weighted by molar-refractivity contribution is -0.137. The molecule has 0 bridgehead atoms. The van der Waals surface area contributed by atoms with E-state index in [1.165, 1.54) is 6.08 Å². The average molecular weight is 445 g/mol. The standard InChI is InChI=1S/C26H28N4O3/c1-2-33-25(31)12-11-22-10-9-21(20-30-14-6-13-27-30)19-24(22)28-15-17-29(18-16-28)26(32)23-7-4-3-5-8-23/h3-14,19H,2,15-18,20H2,1H3/b12-11+. The summed E-state index contributed by atoms with van der Waals surface area (Å²) in [7, 11) is 0. The SMILES string of the molecule is CCOC(=O)/C=C/c1ccc(Cn2cccn2)cc1N1CCN(C(=O)c2ccccc2)CC1. The normalized spacial score (nSPS) is 14.0. The van der Waals surface area contributed by atoms with Crippen LogP contribution in [0, 0.1) is 0 Å². The van der Waals surface area contributed by atoms with Crippen LogP contribution in [0.25, 0.3) is 6.08 Å². The molecular formula is C26H28N4O3. The number of anilines is 1. The largest absolute Gasteiger partial charge is 0.463 e. The van der Waals surface area contributed by atoms with Crippen LogP contribution >= 0.6 is 0 Å². The van der Waals surface area contributed by atoms with Gasteiger partial charge in [0, 0.05) is 55.9 Å². The number of rotatable bonds is 7. The average Bonchev–Trinajstić information content (AvgIpc) is 3.37. The highest BCUT2D eigenvalue weighted by Crippen LogP contribution is 2.26. The van der Waals surface area contributed by atoms with E-state index in [9.17, 15) is 9.59 Å². The zero-order valence-electron chi connectivity index (χ0n) is 18.8. The van der Waals surface area contributed by atoms with Crippen LogP contribution in [0.2, 0.25) is 0 Å². The van der Waals surface area contributed by atoms with E-state index in [0.717, 1.165) is 16.8 Å². The summed E-state index contributed by atoms with van der Waals surface area (Å²) < 4.78 is 6.91. The number of nitrogens with zero attached hydrogens (tertiary/aromatic N) is 4. The second-order valence-corrected chi connectivity index (χ2v) is 7.83. The number of carbonyl (C=O) groups is 2. The third-order valence-electron chi connectivity index (χ3n) is 5.61. The summed E-state index contributed by atoms with van der Waals surface area (Å²) in [6.07, 6.45) is 6.96. The number of benzene rings is 2. The van der Waals surface area contributed by atoms with Gasteiger partial charge in [0.2, 0.25) is 0 Å². The van der Waals surface area contributed by atoms with E-state index in [1.54, 1.807) is 19.2 Å². The Kier molecular flexibility index (Phi) is 7.19. The predicted molar refractivity (Wildman–Crippen MR) is 128 cm³/mol. The summed E-state index contributed by atoms with van der Waals surface area (Å²) in [5.74, 6) is -0.299. The Morgan fingerprint density at radius 1 is 1.03 bits per heavy atom.